The third-order valence-corrected chi connectivity index (χ3v) is 11.0. The Kier molecular flexibility index (Phi) is 12.2. The molecule has 2 aromatic rings. The van der Waals surface area contributed by atoms with E-state index in [2.05, 4.69) is 37.2 Å². The highest BCUT2D eigenvalue weighted by Crippen LogP contribution is 2.48. The van der Waals surface area contributed by atoms with E-state index in [0.29, 0.717) is 37.1 Å². The maximum Gasteiger partial charge on any atom is 0.307 e. The molecule has 0 saturated carbocycles. The number of aliphatic carboxylic acids is 2. The molecule has 2 aromatic carbocycles. The lowest BCUT2D eigenvalue weighted by Crippen LogP contribution is -2.28. The summed E-state index contributed by atoms with van der Waals surface area (Å²) in [5.74, 6) is -2.53. The van der Waals surface area contributed by atoms with Crippen LogP contribution in [0.15, 0.2) is 72.5 Å². The number of unbranched alkanes of at least 4 members (excludes halogenated alkanes) is 2. The molecule has 0 spiro atoms. The van der Waals surface area contributed by atoms with E-state index in [-0.39, 0.29) is 37.2 Å². The van der Waals surface area contributed by atoms with Crippen molar-refractivity contribution < 1.29 is 50.3 Å². The zero-order valence-electron chi connectivity index (χ0n) is 29.4. The SMILES string of the molecule is CC1(C)C(/C=C/C=C/C=C2/N(CCCCS(=O)(=O)O)c3ccc(CC(=O)O)cc3C2(C)C)=[N+](CCCCS(=O)(=O)O)c2ccc(CC(=O)O)cc21. The van der Waals surface area contributed by atoms with Crippen LogP contribution in [0.4, 0.5) is 11.4 Å². The third-order valence-electron chi connectivity index (χ3n) is 9.42. The number of fused-ring (bicyclic) bond motifs is 2. The zero-order valence-corrected chi connectivity index (χ0v) is 31.0. The van der Waals surface area contributed by atoms with Gasteiger partial charge in [-0.2, -0.15) is 21.4 Å². The summed E-state index contributed by atoms with van der Waals surface area (Å²) >= 11 is 0. The molecule has 2 heterocycles. The molecule has 0 radical (unpaired) electrons. The van der Waals surface area contributed by atoms with Gasteiger partial charge in [-0.25, -0.2) is 0 Å². The lowest BCUT2D eigenvalue weighted by atomic mass is 9.80. The van der Waals surface area contributed by atoms with Gasteiger partial charge >= 0.3 is 11.9 Å². The minimum absolute atomic E-state index is 0.112. The Morgan fingerprint density at radius 2 is 1.31 bits per heavy atom. The molecule has 2 aliphatic rings. The second kappa shape index (κ2) is 15.6. The number of carboxylic acid groups (broad SMARTS) is 2. The molecule has 0 atom stereocenters. The Balaban J connectivity index is 1.65. The van der Waals surface area contributed by atoms with E-state index in [4.69, 9.17) is 0 Å². The van der Waals surface area contributed by atoms with Crippen molar-refractivity contribution in [3.05, 3.63) is 94.7 Å². The van der Waals surface area contributed by atoms with E-state index < -0.39 is 43.0 Å². The van der Waals surface area contributed by atoms with Crippen LogP contribution < -0.4 is 4.90 Å². The largest absolute Gasteiger partial charge is 0.481 e. The van der Waals surface area contributed by atoms with Crippen LogP contribution in [0, 0.1) is 0 Å². The van der Waals surface area contributed by atoms with E-state index in [0.717, 1.165) is 33.9 Å². The van der Waals surface area contributed by atoms with Crippen molar-refractivity contribution in [3.8, 4) is 0 Å². The van der Waals surface area contributed by atoms with Crippen LogP contribution in [-0.2, 0) is 53.5 Å². The van der Waals surface area contributed by atoms with E-state index >= 15 is 0 Å². The van der Waals surface area contributed by atoms with E-state index in [1.807, 2.05) is 54.6 Å². The molecule has 4 N–H and O–H groups in total. The summed E-state index contributed by atoms with van der Waals surface area (Å²) in [7, 11) is -8.16. The first-order chi connectivity index (χ1) is 23.7. The zero-order chi connectivity index (χ0) is 37.8. The summed E-state index contributed by atoms with van der Waals surface area (Å²) < 4.78 is 65.7. The number of anilines is 1. The van der Waals surface area contributed by atoms with Gasteiger partial charge in [-0.3, -0.25) is 18.7 Å². The number of rotatable bonds is 17. The molecule has 0 bridgehead atoms. The van der Waals surface area contributed by atoms with Gasteiger partial charge in [0.2, 0.25) is 5.69 Å². The molecule has 0 amide bonds. The van der Waals surface area contributed by atoms with Crippen LogP contribution in [0.2, 0.25) is 0 Å². The second-order valence-corrected chi connectivity index (χ2v) is 17.2. The predicted molar refractivity (Wildman–Crippen MR) is 196 cm³/mol. The normalized spacial score (nSPS) is 17.5. The average Bonchev–Trinajstić information content (AvgIpc) is 3.33. The van der Waals surface area contributed by atoms with Gasteiger partial charge in [0.15, 0.2) is 5.71 Å². The highest BCUT2D eigenvalue weighted by atomic mass is 32.2. The summed E-state index contributed by atoms with van der Waals surface area (Å²) in [6.45, 7) is 9.18. The van der Waals surface area contributed by atoms with E-state index in [1.165, 1.54) is 0 Å². The van der Waals surface area contributed by atoms with Gasteiger partial charge in [-0.05, 0) is 68.0 Å². The fraction of sp³-hybridized carbons (Fsp3) is 0.432. The summed E-state index contributed by atoms with van der Waals surface area (Å²) in [6, 6.07) is 11.2. The van der Waals surface area contributed by atoms with Crippen molar-refractivity contribution in [1.29, 1.82) is 0 Å². The fourth-order valence-corrected chi connectivity index (χ4v) is 8.10. The standard InChI is InChI=1S/C37H46N2O10S2/c1-36(2)28-22-26(24-34(40)41)14-16-30(28)38(18-8-10-20-50(44,45)46)32(36)12-6-5-7-13-33-37(3,4)29-23-27(25-35(42)43)15-17-31(29)39(33)19-9-11-21-51(47,48)49/h5-7,12-17,22-23H,8-11,18-21,24-25H2,1-4H3,(H3-,40,41,42,43,44,45,46,47,48,49)/p+1. The first-order valence-corrected chi connectivity index (χ1v) is 20.0. The van der Waals surface area contributed by atoms with Gasteiger partial charge in [0.1, 0.15) is 6.54 Å². The van der Waals surface area contributed by atoms with Crippen molar-refractivity contribution in [3.63, 3.8) is 0 Å². The number of carbonyl (C=O) groups is 2. The number of nitrogens with zero attached hydrogens (tertiary/aromatic N) is 2. The lowest BCUT2D eigenvalue weighted by molar-refractivity contribution is -0.438. The summed E-state index contributed by atoms with van der Waals surface area (Å²) in [6.07, 6.45) is 11.0. The average molecular weight is 744 g/mol. The Morgan fingerprint density at radius 1 is 0.745 bits per heavy atom. The van der Waals surface area contributed by atoms with Crippen LogP contribution in [0.25, 0.3) is 0 Å². The van der Waals surface area contributed by atoms with Crippen LogP contribution >= 0.6 is 0 Å². The van der Waals surface area contributed by atoms with E-state index in [9.17, 15) is 45.7 Å². The summed E-state index contributed by atoms with van der Waals surface area (Å²) in [5, 5.41) is 18.7. The van der Waals surface area contributed by atoms with Gasteiger partial charge in [0.25, 0.3) is 20.2 Å². The van der Waals surface area contributed by atoms with E-state index in [1.54, 1.807) is 12.1 Å². The molecule has 0 aliphatic carbocycles. The first-order valence-electron chi connectivity index (χ1n) is 16.8. The summed E-state index contributed by atoms with van der Waals surface area (Å²) in [4.78, 5) is 25.0. The molecule has 51 heavy (non-hydrogen) atoms. The minimum atomic E-state index is -4.08. The number of benzene rings is 2. The van der Waals surface area contributed by atoms with Gasteiger partial charge in [0, 0.05) is 47.5 Å². The van der Waals surface area contributed by atoms with Crippen LogP contribution in [0.5, 0.6) is 0 Å². The predicted octanol–water partition coefficient (Wildman–Crippen LogP) is 5.45. The smallest absolute Gasteiger partial charge is 0.307 e. The number of allylic oxidation sites excluding steroid dienone is 6. The molecule has 0 aromatic heterocycles. The Morgan fingerprint density at radius 3 is 1.90 bits per heavy atom. The molecule has 276 valence electrons. The van der Waals surface area contributed by atoms with Crippen LogP contribution in [0.3, 0.4) is 0 Å². The van der Waals surface area contributed by atoms with Gasteiger partial charge in [-0.15, -0.1) is 0 Å². The maximum atomic E-state index is 11.4. The van der Waals surface area contributed by atoms with Crippen molar-refractivity contribution in [2.24, 2.45) is 0 Å². The molecule has 12 nitrogen and oxygen atoms in total. The van der Waals surface area contributed by atoms with Crippen molar-refractivity contribution in [2.45, 2.75) is 77.0 Å². The number of hydrogen-bond donors (Lipinski definition) is 4. The Bertz CT molecular complexity index is 2020. The second-order valence-electron chi connectivity index (χ2n) is 14.1. The fourth-order valence-electron chi connectivity index (χ4n) is 6.96. The highest BCUT2D eigenvalue weighted by molar-refractivity contribution is 7.86. The molecule has 0 fully saturated rings. The van der Waals surface area contributed by atoms with Crippen molar-refractivity contribution in [2.75, 3.05) is 29.5 Å². The van der Waals surface area contributed by atoms with Gasteiger partial charge < -0.3 is 15.1 Å². The van der Waals surface area contributed by atoms with Crippen molar-refractivity contribution >= 4 is 49.3 Å². The highest BCUT2D eigenvalue weighted by Gasteiger charge is 2.44. The first kappa shape index (κ1) is 39.7. The third kappa shape index (κ3) is 10.0. The van der Waals surface area contributed by atoms with Crippen LogP contribution in [-0.4, -0.2) is 83.0 Å². The van der Waals surface area contributed by atoms with Crippen LogP contribution in [0.1, 0.15) is 75.6 Å². The number of carboxylic acids is 2. The molecular weight excluding hydrogens is 697 g/mol. The molecule has 0 unspecified atom stereocenters. The number of hydrogen-bond acceptors (Lipinski definition) is 7. The molecular formula is C37H47N2O10S2+. The monoisotopic (exact) mass is 743 g/mol. The maximum absolute atomic E-state index is 11.4. The lowest BCUT2D eigenvalue weighted by Gasteiger charge is -2.27. The molecule has 14 heteroatoms. The molecule has 0 saturated heterocycles. The topological polar surface area (TPSA) is 190 Å². The van der Waals surface area contributed by atoms with Crippen molar-refractivity contribution in [1.82, 2.24) is 0 Å². The summed E-state index contributed by atoms with van der Waals surface area (Å²) in [5.41, 5.74) is 5.95. The Labute approximate surface area is 300 Å². The molecule has 4 rings (SSSR count). The van der Waals surface area contributed by atoms with Gasteiger partial charge in [0.05, 0.1) is 29.8 Å². The quantitative estimate of drug-likeness (QED) is 0.0698. The minimum Gasteiger partial charge on any atom is -0.481 e. The van der Waals surface area contributed by atoms with Gasteiger partial charge in [-0.1, -0.05) is 50.3 Å². The Hall–Kier alpha value is -4.11. The molecule has 2 aliphatic heterocycles.